The van der Waals surface area contributed by atoms with E-state index in [9.17, 15) is 14.4 Å². The summed E-state index contributed by atoms with van der Waals surface area (Å²) in [6.07, 6.45) is 0. The number of fused-ring (bicyclic) bond motifs is 3. The summed E-state index contributed by atoms with van der Waals surface area (Å²) in [7, 11) is 1.56. The van der Waals surface area contributed by atoms with Crippen LogP contribution in [0.25, 0.3) is 11.2 Å². The Morgan fingerprint density at radius 3 is 2.48 bits per heavy atom. The number of nitrogens with zero attached hydrogens (tertiary/aromatic N) is 5. The lowest BCUT2D eigenvalue weighted by Crippen LogP contribution is -2.42. The lowest BCUT2D eigenvalue weighted by molar-refractivity contribution is -0.143. The minimum atomic E-state index is -0.621. The van der Waals surface area contributed by atoms with Gasteiger partial charge in [0.1, 0.15) is 6.54 Å². The third-order valence-corrected chi connectivity index (χ3v) is 5.55. The molecule has 9 heteroatoms. The summed E-state index contributed by atoms with van der Waals surface area (Å²) in [5.41, 5.74) is 2.79. The topological polar surface area (TPSA) is 91.4 Å². The van der Waals surface area contributed by atoms with Gasteiger partial charge in [-0.05, 0) is 49.9 Å². The van der Waals surface area contributed by atoms with Crippen LogP contribution < -0.4 is 16.1 Å². The first kappa shape index (κ1) is 20.9. The van der Waals surface area contributed by atoms with Crippen molar-refractivity contribution in [3.05, 3.63) is 50.2 Å². The fourth-order valence-corrected chi connectivity index (χ4v) is 4.30. The number of hydrogen-bond donors (Lipinski definition) is 0. The average Bonchev–Trinajstić information content (AvgIpc) is 3.08. The molecule has 1 unspecified atom stereocenters. The Bertz CT molecular complexity index is 1280. The number of anilines is 2. The van der Waals surface area contributed by atoms with Crippen molar-refractivity contribution in [3.63, 3.8) is 0 Å². The molecule has 0 bridgehead atoms. The lowest BCUT2D eigenvalue weighted by atomic mass is 10.1. The Balaban J connectivity index is 1.95. The summed E-state index contributed by atoms with van der Waals surface area (Å²) in [4.78, 5) is 44.9. The van der Waals surface area contributed by atoms with E-state index >= 15 is 0 Å². The van der Waals surface area contributed by atoms with E-state index in [1.807, 2.05) is 18.4 Å². The second-order valence-corrected chi connectivity index (χ2v) is 8.29. The van der Waals surface area contributed by atoms with E-state index in [1.54, 1.807) is 14.0 Å². The number of carbonyl (C=O) groups is 1. The van der Waals surface area contributed by atoms with Crippen molar-refractivity contribution in [1.82, 2.24) is 18.7 Å². The number of benzene rings is 1. The van der Waals surface area contributed by atoms with Crippen LogP contribution in [-0.4, -0.2) is 37.8 Å². The van der Waals surface area contributed by atoms with Crippen molar-refractivity contribution >= 4 is 28.8 Å². The molecule has 1 aliphatic rings. The van der Waals surface area contributed by atoms with E-state index in [1.165, 1.54) is 4.57 Å². The zero-order valence-corrected chi connectivity index (χ0v) is 18.5. The first-order valence-electron chi connectivity index (χ1n) is 10.4. The van der Waals surface area contributed by atoms with E-state index in [2.05, 4.69) is 30.0 Å². The predicted molar refractivity (Wildman–Crippen MR) is 118 cm³/mol. The van der Waals surface area contributed by atoms with Gasteiger partial charge in [0.15, 0.2) is 11.2 Å². The van der Waals surface area contributed by atoms with Gasteiger partial charge >= 0.3 is 11.7 Å². The van der Waals surface area contributed by atoms with Crippen molar-refractivity contribution in [2.45, 2.75) is 40.8 Å². The maximum absolute atomic E-state index is 13.3. The van der Waals surface area contributed by atoms with Gasteiger partial charge in [-0.3, -0.25) is 14.2 Å². The molecule has 1 atom stereocenters. The van der Waals surface area contributed by atoms with Gasteiger partial charge in [-0.15, -0.1) is 0 Å². The lowest BCUT2D eigenvalue weighted by Gasteiger charge is -2.33. The molecule has 0 N–H and O–H groups in total. The number of rotatable bonds is 4. The van der Waals surface area contributed by atoms with Crippen LogP contribution in [0.4, 0.5) is 11.6 Å². The Kier molecular flexibility index (Phi) is 5.20. The fraction of sp³-hybridized carbons (Fsp3) is 0.455. The van der Waals surface area contributed by atoms with Crippen LogP contribution >= 0.6 is 0 Å². The van der Waals surface area contributed by atoms with E-state index in [0.717, 1.165) is 27.9 Å². The third kappa shape index (κ3) is 3.54. The van der Waals surface area contributed by atoms with Crippen molar-refractivity contribution in [3.8, 4) is 0 Å². The second kappa shape index (κ2) is 7.72. The van der Waals surface area contributed by atoms with Gasteiger partial charge < -0.3 is 14.2 Å². The summed E-state index contributed by atoms with van der Waals surface area (Å²) in [6, 6.07) is 6.29. The number of carbonyl (C=O) groups excluding carboxylic acids is 1. The van der Waals surface area contributed by atoms with Crippen molar-refractivity contribution in [2.75, 3.05) is 18.1 Å². The van der Waals surface area contributed by atoms with Crippen LogP contribution in [0.1, 0.15) is 25.0 Å². The highest BCUT2D eigenvalue weighted by atomic mass is 16.5. The quantitative estimate of drug-likeness (QED) is 0.593. The van der Waals surface area contributed by atoms with Crippen LogP contribution in [0.2, 0.25) is 0 Å². The van der Waals surface area contributed by atoms with Crippen LogP contribution in [0, 0.1) is 19.8 Å². The summed E-state index contributed by atoms with van der Waals surface area (Å²) in [5, 5.41) is 0. The monoisotopic (exact) mass is 425 g/mol. The highest BCUT2D eigenvalue weighted by molar-refractivity contribution is 5.78. The highest BCUT2D eigenvalue weighted by Crippen LogP contribution is 2.33. The summed E-state index contributed by atoms with van der Waals surface area (Å²) in [5.74, 6) is 0.254. The van der Waals surface area contributed by atoms with Gasteiger partial charge in [0, 0.05) is 25.8 Å². The number of esters is 1. The van der Waals surface area contributed by atoms with Crippen molar-refractivity contribution < 1.29 is 9.53 Å². The van der Waals surface area contributed by atoms with E-state index in [4.69, 9.17) is 9.72 Å². The standard InChI is InChI=1S/C22H27N5O4/c1-6-31-17(28)12-27-20(29)18-19(24(5)22(27)30)23-21-25(10-15(4)11-26(18)21)16-8-13(2)7-14(3)9-16/h7-9,15H,6,10-12H2,1-5H3. The third-order valence-electron chi connectivity index (χ3n) is 5.55. The van der Waals surface area contributed by atoms with Crippen molar-refractivity contribution in [1.29, 1.82) is 0 Å². The molecular weight excluding hydrogens is 398 g/mol. The fourth-order valence-electron chi connectivity index (χ4n) is 4.30. The van der Waals surface area contributed by atoms with Gasteiger partial charge in [-0.2, -0.15) is 4.98 Å². The van der Waals surface area contributed by atoms with E-state index < -0.39 is 23.8 Å². The summed E-state index contributed by atoms with van der Waals surface area (Å²) >= 11 is 0. The zero-order valence-electron chi connectivity index (χ0n) is 18.5. The number of hydrogen-bond acceptors (Lipinski definition) is 6. The first-order valence-corrected chi connectivity index (χ1v) is 10.4. The van der Waals surface area contributed by atoms with Gasteiger partial charge in [0.2, 0.25) is 5.95 Å². The van der Waals surface area contributed by atoms with E-state index in [-0.39, 0.29) is 12.5 Å². The highest BCUT2D eigenvalue weighted by Gasteiger charge is 2.30. The maximum atomic E-state index is 13.3. The number of aromatic nitrogens is 4. The van der Waals surface area contributed by atoms with Gasteiger partial charge in [0.05, 0.1) is 6.61 Å². The van der Waals surface area contributed by atoms with Gasteiger partial charge in [-0.1, -0.05) is 13.0 Å². The number of imidazole rings is 1. The molecule has 3 heterocycles. The molecule has 1 aromatic carbocycles. The Morgan fingerprint density at radius 2 is 1.84 bits per heavy atom. The maximum Gasteiger partial charge on any atom is 0.333 e. The molecule has 0 aliphatic carbocycles. The zero-order chi connectivity index (χ0) is 22.4. The molecule has 0 spiro atoms. The van der Waals surface area contributed by atoms with Crippen LogP contribution in [-0.2, 0) is 29.7 Å². The SMILES string of the molecule is CCOC(=O)Cn1c(=O)c2c(nc3n2CC(C)CN3c2cc(C)cc(C)c2)n(C)c1=O. The predicted octanol–water partition coefficient (Wildman–Crippen LogP) is 1.86. The molecular formula is C22H27N5O4. The van der Waals surface area contributed by atoms with E-state index in [0.29, 0.717) is 23.7 Å². The van der Waals surface area contributed by atoms with Crippen LogP contribution in [0.5, 0.6) is 0 Å². The van der Waals surface area contributed by atoms with Crippen LogP contribution in [0.15, 0.2) is 27.8 Å². The smallest absolute Gasteiger partial charge is 0.333 e. The molecule has 3 aromatic rings. The average molecular weight is 425 g/mol. The normalized spacial score (nSPS) is 15.9. The molecule has 0 saturated heterocycles. The molecule has 9 nitrogen and oxygen atoms in total. The second-order valence-electron chi connectivity index (χ2n) is 8.29. The molecule has 4 rings (SSSR count). The minimum Gasteiger partial charge on any atom is -0.465 e. The summed E-state index contributed by atoms with van der Waals surface area (Å²) in [6.45, 7) is 8.99. The Hall–Kier alpha value is -3.36. The van der Waals surface area contributed by atoms with Gasteiger partial charge in [-0.25, -0.2) is 9.36 Å². The molecule has 0 fully saturated rings. The molecule has 0 saturated carbocycles. The molecule has 31 heavy (non-hydrogen) atoms. The van der Waals surface area contributed by atoms with Gasteiger partial charge in [0.25, 0.3) is 5.56 Å². The largest absolute Gasteiger partial charge is 0.465 e. The molecule has 1 aliphatic heterocycles. The van der Waals surface area contributed by atoms with Crippen LogP contribution in [0.3, 0.4) is 0 Å². The molecule has 164 valence electrons. The molecule has 0 radical (unpaired) electrons. The number of aryl methyl sites for hydroxylation is 3. The van der Waals surface area contributed by atoms with Crippen molar-refractivity contribution in [2.24, 2.45) is 13.0 Å². The molecule has 2 aromatic heterocycles. The summed E-state index contributed by atoms with van der Waals surface area (Å²) < 4.78 is 9.06. The Morgan fingerprint density at radius 1 is 1.16 bits per heavy atom. The minimum absolute atomic E-state index is 0.181. The number of ether oxygens (including phenoxy) is 1. The Labute approximate surface area is 179 Å². The molecule has 0 amide bonds. The first-order chi connectivity index (χ1) is 14.7.